The van der Waals surface area contributed by atoms with E-state index in [-0.39, 0.29) is 0 Å². The summed E-state index contributed by atoms with van der Waals surface area (Å²) in [5.74, 6) is 0. The molecule has 3 rings (SSSR count). The zero-order chi connectivity index (χ0) is 10.3. The van der Waals surface area contributed by atoms with Crippen LogP contribution >= 0.6 is 0 Å². The molecule has 1 aromatic heterocycles. The lowest BCUT2D eigenvalue weighted by Crippen LogP contribution is -2.27. The number of nitrogens with one attached hydrogen (secondary N) is 1. The number of rotatable bonds is 1. The number of fused-ring (bicyclic) bond motifs is 1. The number of allylic oxidation sites excluding steroid dienone is 2. The van der Waals surface area contributed by atoms with Crippen molar-refractivity contribution in [1.82, 2.24) is 9.63 Å². The highest BCUT2D eigenvalue weighted by molar-refractivity contribution is 5.92. The fourth-order valence-corrected chi connectivity index (χ4v) is 1.91. The van der Waals surface area contributed by atoms with Crippen molar-refractivity contribution in [3.63, 3.8) is 0 Å². The Morgan fingerprint density at radius 3 is 2.60 bits per heavy atom. The van der Waals surface area contributed by atoms with E-state index in [2.05, 4.69) is 4.98 Å². The van der Waals surface area contributed by atoms with E-state index in [4.69, 9.17) is 0 Å². The van der Waals surface area contributed by atoms with Gasteiger partial charge in [-0.05, 0) is 24.3 Å². The highest BCUT2D eigenvalue weighted by Crippen LogP contribution is 2.33. The maximum atomic E-state index is 12.3. The number of aromatic amines is 1. The summed E-state index contributed by atoms with van der Waals surface area (Å²) in [5, 5.41) is 13.3. The molecule has 0 saturated carbocycles. The van der Waals surface area contributed by atoms with Gasteiger partial charge in [-0.3, -0.25) is 4.65 Å². The van der Waals surface area contributed by atoms with E-state index in [0.717, 1.165) is 16.6 Å². The molecule has 1 aliphatic heterocycles. The lowest BCUT2D eigenvalue weighted by Gasteiger charge is -2.31. The number of H-pyrrole nitrogens is 1. The highest BCUT2D eigenvalue weighted by atomic mass is 16.5. The molecule has 0 bridgehead atoms. The van der Waals surface area contributed by atoms with Crippen molar-refractivity contribution < 1.29 is 0 Å². The van der Waals surface area contributed by atoms with Gasteiger partial charge in [-0.15, -0.1) is 0 Å². The molecule has 1 N–H and O–H groups in total. The predicted octanol–water partition coefficient (Wildman–Crippen LogP) is 3.01. The molecular weight excluding hydrogens is 188 g/mol. The van der Waals surface area contributed by atoms with Crippen LogP contribution in [0.25, 0.3) is 10.9 Å². The minimum Gasteiger partial charge on any atom is -0.617 e. The van der Waals surface area contributed by atoms with Crippen LogP contribution in [0.3, 0.4) is 0 Å². The molecular formula is C12H10N2O. The van der Waals surface area contributed by atoms with Crippen LogP contribution in [0, 0.1) is 5.21 Å². The molecule has 3 heteroatoms. The maximum absolute atomic E-state index is 12.3. The lowest BCUT2D eigenvalue weighted by atomic mass is 10.2. The van der Waals surface area contributed by atoms with Crippen molar-refractivity contribution in [2.45, 2.75) is 0 Å². The van der Waals surface area contributed by atoms with Crippen molar-refractivity contribution in [1.29, 1.82) is 0 Å². The zero-order valence-electron chi connectivity index (χ0n) is 8.05. The minimum absolute atomic E-state index is 0.510. The first-order valence-corrected chi connectivity index (χ1v) is 4.83. The lowest BCUT2D eigenvalue weighted by molar-refractivity contribution is 0.678. The minimum atomic E-state index is -0.510. The maximum Gasteiger partial charge on any atom is 0.167 e. The van der Waals surface area contributed by atoms with Gasteiger partial charge in [0.1, 0.15) is 12.4 Å². The standard InChI is InChI=1S/C12H10N2O/c15-14(7-3-4-8-14)12-9-13-11-6-2-1-5-10(11)12/h1-9,13H. The Kier molecular flexibility index (Phi) is 1.59. The van der Waals surface area contributed by atoms with E-state index >= 15 is 0 Å². The van der Waals surface area contributed by atoms with Gasteiger partial charge in [-0.25, -0.2) is 0 Å². The second-order valence-corrected chi connectivity index (χ2v) is 3.61. The van der Waals surface area contributed by atoms with Crippen molar-refractivity contribution in [3.05, 3.63) is 60.2 Å². The summed E-state index contributed by atoms with van der Waals surface area (Å²) < 4.78 is -0.510. The Hall–Kier alpha value is -1.84. The van der Waals surface area contributed by atoms with E-state index < -0.39 is 4.65 Å². The van der Waals surface area contributed by atoms with Crippen molar-refractivity contribution in [2.24, 2.45) is 0 Å². The first-order chi connectivity index (χ1) is 7.30. The quantitative estimate of drug-likeness (QED) is 0.555. The Balaban J connectivity index is 2.28. The molecule has 74 valence electrons. The topological polar surface area (TPSA) is 38.8 Å². The SMILES string of the molecule is [O-][N+]1(c2c[nH]c3ccccc23)C=CC=C1. The van der Waals surface area contributed by atoms with Crippen LogP contribution in [0.2, 0.25) is 0 Å². The van der Waals surface area contributed by atoms with Crippen LogP contribution in [0.5, 0.6) is 0 Å². The normalized spacial score (nSPS) is 17.7. The molecule has 0 amide bonds. The number of hydrogen-bond donors (Lipinski definition) is 1. The number of hydrogen-bond acceptors (Lipinski definition) is 1. The van der Waals surface area contributed by atoms with Gasteiger partial charge in [0.25, 0.3) is 0 Å². The molecule has 3 nitrogen and oxygen atoms in total. The smallest absolute Gasteiger partial charge is 0.167 e. The van der Waals surface area contributed by atoms with Crippen LogP contribution < -0.4 is 4.65 Å². The number of para-hydroxylation sites is 1. The Labute approximate surface area is 87.1 Å². The number of benzene rings is 1. The molecule has 0 fully saturated rings. The molecule has 0 aliphatic carbocycles. The summed E-state index contributed by atoms with van der Waals surface area (Å²) in [5.41, 5.74) is 1.73. The van der Waals surface area contributed by atoms with E-state index in [9.17, 15) is 5.21 Å². The molecule has 1 aliphatic rings. The van der Waals surface area contributed by atoms with Crippen LogP contribution in [0.4, 0.5) is 5.69 Å². The van der Waals surface area contributed by atoms with Gasteiger partial charge < -0.3 is 10.2 Å². The third-order valence-corrected chi connectivity index (χ3v) is 2.67. The van der Waals surface area contributed by atoms with E-state index in [1.807, 2.05) is 24.3 Å². The summed E-state index contributed by atoms with van der Waals surface area (Å²) in [6.07, 6.45) is 8.56. The van der Waals surface area contributed by atoms with Gasteiger partial charge in [-0.2, -0.15) is 0 Å². The second kappa shape index (κ2) is 2.82. The first kappa shape index (κ1) is 8.47. The summed E-state index contributed by atoms with van der Waals surface area (Å²) in [6.45, 7) is 0. The molecule has 0 radical (unpaired) electrons. The highest BCUT2D eigenvalue weighted by Gasteiger charge is 2.21. The van der Waals surface area contributed by atoms with Crippen molar-refractivity contribution in [3.8, 4) is 0 Å². The molecule has 2 heterocycles. The summed E-state index contributed by atoms with van der Waals surface area (Å²) in [6, 6.07) is 7.82. The number of aromatic nitrogens is 1. The summed E-state index contributed by atoms with van der Waals surface area (Å²) >= 11 is 0. The molecule has 2 aromatic rings. The molecule has 0 atom stereocenters. The van der Waals surface area contributed by atoms with Gasteiger partial charge in [0, 0.05) is 0 Å². The largest absolute Gasteiger partial charge is 0.617 e. The zero-order valence-corrected chi connectivity index (χ0v) is 8.05. The fourth-order valence-electron chi connectivity index (χ4n) is 1.91. The van der Waals surface area contributed by atoms with E-state index in [1.54, 1.807) is 30.7 Å². The number of quaternary nitrogens is 1. The van der Waals surface area contributed by atoms with Crippen molar-refractivity contribution >= 4 is 16.6 Å². The molecule has 15 heavy (non-hydrogen) atoms. The van der Waals surface area contributed by atoms with Gasteiger partial charge in [0.15, 0.2) is 5.69 Å². The Morgan fingerprint density at radius 2 is 1.80 bits per heavy atom. The van der Waals surface area contributed by atoms with Gasteiger partial charge in [0.05, 0.1) is 17.1 Å². The molecule has 0 unspecified atom stereocenters. The fraction of sp³-hybridized carbons (Fsp3) is 0. The van der Waals surface area contributed by atoms with Crippen LogP contribution in [-0.2, 0) is 0 Å². The van der Waals surface area contributed by atoms with Crippen LogP contribution in [0.1, 0.15) is 0 Å². The van der Waals surface area contributed by atoms with Crippen molar-refractivity contribution in [2.75, 3.05) is 0 Å². The molecule has 0 saturated heterocycles. The summed E-state index contributed by atoms with van der Waals surface area (Å²) in [4.78, 5) is 3.11. The predicted molar refractivity (Wildman–Crippen MR) is 61.7 cm³/mol. The second-order valence-electron chi connectivity index (χ2n) is 3.61. The van der Waals surface area contributed by atoms with Gasteiger partial charge in [-0.1, -0.05) is 12.1 Å². The first-order valence-electron chi connectivity index (χ1n) is 4.83. The van der Waals surface area contributed by atoms with Gasteiger partial charge in [0.2, 0.25) is 0 Å². The molecule has 0 spiro atoms. The van der Waals surface area contributed by atoms with Gasteiger partial charge >= 0.3 is 0 Å². The third kappa shape index (κ3) is 1.14. The number of nitrogens with zero attached hydrogens (tertiary/aromatic N) is 1. The van der Waals surface area contributed by atoms with E-state index in [1.165, 1.54) is 0 Å². The third-order valence-electron chi connectivity index (χ3n) is 2.67. The number of hydroxylamine groups is 2. The average molecular weight is 198 g/mol. The van der Waals surface area contributed by atoms with Crippen LogP contribution in [-0.4, -0.2) is 4.98 Å². The van der Waals surface area contributed by atoms with E-state index in [0.29, 0.717) is 0 Å². The molecule has 1 aromatic carbocycles. The Bertz CT molecular complexity index is 554. The summed E-state index contributed by atoms with van der Waals surface area (Å²) in [7, 11) is 0. The Morgan fingerprint density at radius 1 is 1.07 bits per heavy atom. The average Bonchev–Trinajstić information content (AvgIpc) is 2.84. The van der Waals surface area contributed by atoms with Crippen LogP contribution in [0.15, 0.2) is 55.0 Å². The monoisotopic (exact) mass is 198 g/mol.